The molecule has 3 nitrogen and oxygen atoms in total. The van der Waals surface area contributed by atoms with Crippen molar-refractivity contribution in [2.24, 2.45) is 4.99 Å². The zero-order valence-electron chi connectivity index (χ0n) is 16.5. The second-order valence-corrected chi connectivity index (χ2v) is 5.21. The zero-order chi connectivity index (χ0) is 17.9. The van der Waals surface area contributed by atoms with Crippen LogP contribution < -0.4 is 0 Å². The van der Waals surface area contributed by atoms with Crippen LogP contribution in [0.15, 0.2) is 29.5 Å². The Kier molecular flexibility index (Phi) is 19.7. The molecular weight excluding hydrogens is 282 g/mol. The highest BCUT2D eigenvalue weighted by molar-refractivity contribution is 5.52. The molecular formula is C20H39N3. The van der Waals surface area contributed by atoms with E-state index in [1.165, 1.54) is 44.5 Å². The van der Waals surface area contributed by atoms with Crippen LogP contribution in [0.25, 0.3) is 0 Å². The number of aromatic nitrogens is 1. The maximum Gasteiger partial charge on any atom is 0.0273 e. The van der Waals surface area contributed by atoms with Crippen molar-refractivity contribution < 1.29 is 0 Å². The lowest BCUT2D eigenvalue weighted by atomic mass is 9.90. The minimum atomic E-state index is 0.765. The molecule has 0 radical (unpaired) electrons. The van der Waals surface area contributed by atoms with Gasteiger partial charge < -0.3 is 9.89 Å². The van der Waals surface area contributed by atoms with Crippen LogP contribution >= 0.6 is 0 Å². The van der Waals surface area contributed by atoms with E-state index in [2.05, 4.69) is 47.8 Å². The van der Waals surface area contributed by atoms with Gasteiger partial charge in [-0.15, -0.1) is 0 Å². The fourth-order valence-electron chi connectivity index (χ4n) is 2.22. The summed E-state index contributed by atoms with van der Waals surface area (Å²) in [5.41, 5.74) is 1.47. The van der Waals surface area contributed by atoms with Crippen LogP contribution in [-0.4, -0.2) is 42.8 Å². The zero-order valence-corrected chi connectivity index (χ0v) is 16.5. The molecule has 0 spiro atoms. The van der Waals surface area contributed by atoms with Crippen LogP contribution in [0.1, 0.15) is 72.3 Å². The fraction of sp³-hybridized carbons (Fsp3) is 0.700. The van der Waals surface area contributed by atoms with Crippen LogP contribution in [0.4, 0.5) is 0 Å². The van der Waals surface area contributed by atoms with E-state index in [0.29, 0.717) is 0 Å². The highest BCUT2D eigenvalue weighted by atomic mass is 15.1. The lowest BCUT2D eigenvalue weighted by Crippen LogP contribution is -2.32. The molecule has 0 aliphatic carbocycles. The van der Waals surface area contributed by atoms with Crippen LogP contribution in [-0.2, 0) is 0 Å². The number of aliphatic imine (C=N–C) groups is 1. The third-order valence-electron chi connectivity index (χ3n) is 3.47. The molecule has 0 bridgehead atoms. The molecule has 0 unspecified atom stereocenters. The molecule has 23 heavy (non-hydrogen) atoms. The van der Waals surface area contributed by atoms with E-state index in [-0.39, 0.29) is 0 Å². The number of nitrogens with zero attached hydrogens (tertiary/aromatic N) is 3. The molecule has 134 valence electrons. The molecule has 1 saturated heterocycles. The van der Waals surface area contributed by atoms with Gasteiger partial charge in [0.25, 0.3) is 0 Å². The first kappa shape index (κ1) is 24.0. The van der Waals surface area contributed by atoms with Crippen LogP contribution in [0.5, 0.6) is 0 Å². The lowest BCUT2D eigenvalue weighted by molar-refractivity contribution is 0.222. The average Bonchev–Trinajstić information content (AvgIpc) is 2.65. The molecule has 0 aromatic carbocycles. The molecule has 3 heteroatoms. The summed E-state index contributed by atoms with van der Waals surface area (Å²) in [6.07, 6.45) is 9.42. The van der Waals surface area contributed by atoms with Crippen molar-refractivity contribution in [1.82, 2.24) is 9.88 Å². The SMILES string of the molecule is CC.CC=NC.CCC.CCN1CCC(c2ccncc2)CC1. The summed E-state index contributed by atoms with van der Waals surface area (Å²) in [4.78, 5) is 10.2. The molecule has 0 N–H and O–H groups in total. The Morgan fingerprint density at radius 1 is 1.13 bits per heavy atom. The molecule has 0 amide bonds. The smallest absolute Gasteiger partial charge is 0.0273 e. The van der Waals surface area contributed by atoms with E-state index < -0.39 is 0 Å². The Morgan fingerprint density at radius 3 is 1.91 bits per heavy atom. The molecule has 1 aliphatic heterocycles. The van der Waals surface area contributed by atoms with Gasteiger partial charge in [0.2, 0.25) is 0 Å². The second-order valence-electron chi connectivity index (χ2n) is 5.21. The summed E-state index contributed by atoms with van der Waals surface area (Å²) in [7, 11) is 1.75. The number of hydrogen-bond donors (Lipinski definition) is 0. The Bertz CT molecular complexity index is 337. The maximum absolute atomic E-state index is 4.06. The molecule has 2 heterocycles. The van der Waals surface area contributed by atoms with Gasteiger partial charge in [0.1, 0.15) is 0 Å². The highest BCUT2D eigenvalue weighted by Crippen LogP contribution is 2.26. The number of hydrogen-bond acceptors (Lipinski definition) is 3. The van der Waals surface area contributed by atoms with E-state index >= 15 is 0 Å². The van der Waals surface area contributed by atoms with Gasteiger partial charge in [0.15, 0.2) is 0 Å². The first-order chi connectivity index (χ1) is 11.2. The van der Waals surface area contributed by atoms with E-state index in [9.17, 15) is 0 Å². The predicted molar refractivity (Wildman–Crippen MR) is 106 cm³/mol. The standard InChI is InChI=1S/C12H18N2.C3H7N.C3H8.C2H6/c1-2-14-9-5-12(6-10-14)11-3-7-13-8-4-11;1-3-4-2;1-3-2;1-2/h3-4,7-8,12H,2,5-6,9-10H2,1H3;3H,1-2H3;3H2,1-2H3;1-2H3. The van der Waals surface area contributed by atoms with E-state index in [1.807, 2.05) is 33.2 Å². The maximum atomic E-state index is 4.06. The normalized spacial score (nSPS) is 14.7. The summed E-state index contributed by atoms with van der Waals surface area (Å²) in [6, 6.07) is 4.32. The van der Waals surface area contributed by atoms with Crippen LogP contribution in [0.3, 0.4) is 0 Å². The van der Waals surface area contributed by atoms with E-state index in [4.69, 9.17) is 0 Å². The largest absolute Gasteiger partial charge is 0.304 e. The van der Waals surface area contributed by atoms with Gasteiger partial charge in [0.05, 0.1) is 0 Å². The first-order valence-corrected chi connectivity index (χ1v) is 9.22. The molecule has 2 rings (SSSR count). The van der Waals surface area contributed by atoms with E-state index in [0.717, 1.165) is 5.92 Å². The van der Waals surface area contributed by atoms with Gasteiger partial charge in [-0.3, -0.25) is 4.98 Å². The summed E-state index contributed by atoms with van der Waals surface area (Å²) in [5.74, 6) is 0.765. The van der Waals surface area contributed by atoms with Crippen molar-refractivity contribution in [1.29, 1.82) is 0 Å². The van der Waals surface area contributed by atoms with Crippen molar-refractivity contribution >= 4 is 6.21 Å². The summed E-state index contributed by atoms with van der Waals surface area (Å²) < 4.78 is 0. The van der Waals surface area contributed by atoms with Crippen LogP contribution in [0, 0.1) is 0 Å². The van der Waals surface area contributed by atoms with Crippen LogP contribution in [0.2, 0.25) is 0 Å². The Labute approximate surface area is 145 Å². The molecule has 1 aromatic rings. The second kappa shape index (κ2) is 18.8. The minimum Gasteiger partial charge on any atom is -0.304 e. The van der Waals surface area contributed by atoms with Gasteiger partial charge in [0, 0.05) is 19.4 Å². The summed E-state index contributed by atoms with van der Waals surface area (Å²) in [5, 5.41) is 0. The molecule has 1 aromatic heterocycles. The van der Waals surface area contributed by atoms with Gasteiger partial charge in [-0.1, -0.05) is 41.0 Å². The van der Waals surface area contributed by atoms with Crippen molar-refractivity contribution in [2.75, 3.05) is 26.7 Å². The van der Waals surface area contributed by atoms with Gasteiger partial charge in [-0.05, 0) is 69.2 Å². The number of piperidine rings is 1. The van der Waals surface area contributed by atoms with Crippen molar-refractivity contribution in [2.45, 2.75) is 66.7 Å². The molecule has 0 atom stereocenters. The quantitative estimate of drug-likeness (QED) is 0.679. The van der Waals surface area contributed by atoms with Gasteiger partial charge in [-0.25, -0.2) is 0 Å². The fourth-order valence-corrected chi connectivity index (χ4v) is 2.22. The molecule has 0 saturated carbocycles. The summed E-state index contributed by atoms with van der Waals surface area (Å²) in [6.45, 7) is 16.1. The van der Waals surface area contributed by atoms with Crippen molar-refractivity contribution in [3.05, 3.63) is 30.1 Å². The highest BCUT2D eigenvalue weighted by Gasteiger charge is 2.18. The third-order valence-corrected chi connectivity index (χ3v) is 3.47. The van der Waals surface area contributed by atoms with Gasteiger partial charge >= 0.3 is 0 Å². The summed E-state index contributed by atoms with van der Waals surface area (Å²) >= 11 is 0. The topological polar surface area (TPSA) is 28.5 Å². The Morgan fingerprint density at radius 2 is 1.57 bits per heavy atom. The van der Waals surface area contributed by atoms with Crippen molar-refractivity contribution in [3.63, 3.8) is 0 Å². The molecule has 1 aliphatic rings. The number of likely N-dealkylation sites (tertiary alicyclic amines) is 1. The number of pyridine rings is 1. The monoisotopic (exact) mass is 321 g/mol. The molecule has 1 fully saturated rings. The Hall–Kier alpha value is -1.22. The Balaban J connectivity index is 0. The average molecular weight is 322 g/mol. The minimum absolute atomic E-state index is 0.765. The predicted octanol–water partition coefficient (Wildman–Crippen LogP) is 5.43. The van der Waals surface area contributed by atoms with Gasteiger partial charge in [-0.2, -0.15) is 0 Å². The van der Waals surface area contributed by atoms with Crippen molar-refractivity contribution in [3.8, 4) is 0 Å². The number of rotatable bonds is 2. The third kappa shape index (κ3) is 13.0. The van der Waals surface area contributed by atoms with E-state index in [1.54, 1.807) is 13.3 Å². The first-order valence-electron chi connectivity index (χ1n) is 9.22. The lowest BCUT2D eigenvalue weighted by Gasteiger charge is -2.31.